The molecule has 0 spiro atoms. The van der Waals surface area contributed by atoms with E-state index < -0.39 is 0 Å². The Bertz CT molecular complexity index is 220. The van der Waals surface area contributed by atoms with Gasteiger partial charge in [-0.1, -0.05) is 41.7 Å². The Morgan fingerprint density at radius 3 is 2.40 bits per heavy atom. The molecule has 0 amide bonds. The van der Waals surface area contributed by atoms with E-state index >= 15 is 0 Å². The van der Waals surface area contributed by atoms with Crippen LogP contribution in [0.1, 0.15) is 12.5 Å². The molecule has 1 aromatic carbocycles. The van der Waals surface area contributed by atoms with E-state index in [0.717, 1.165) is 0 Å². The number of allylic oxidation sites excluding steroid dienone is 1. The highest BCUT2D eigenvalue weighted by molar-refractivity contribution is 7.22. The lowest BCUT2D eigenvalue weighted by Crippen LogP contribution is -1.67. The number of hydrogen-bond acceptors (Lipinski definition) is 0. The first-order valence-corrected chi connectivity index (χ1v) is 3.85. The second-order valence-electron chi connectivity index (χ2n) is 2.30. The fourth-order valence-corrected chi connectivity index (χ4v) is 1.00. The Morgan fingerprint density at radius 2 is 1.90 bits per heavy atom. The summed E-state index contributed by atoms with van der Waals surface area (Å²) in [6, 6.07) is 10.3. The third kappa shape index (κ3) is 2.33. The molecule has 0 bridgehead atoms. The summed E-state index contributed by atoms with van der Waals surface area (Å²) in [5.41, 5.74) is 1.26. The Hall–Kier alpha value is -0.610. The van der Waals surface area contributed by atoms with E-state index in [1.807, 2.05) is 18.2 Å². The summed E-state index contributed by atoms with van der Waals surface area (Å²) in [6.45, 7) is 2.07. The normalized spacial score (nSPS) is 11.6. The largest absolute Gasteiger partial charge is 0.110 e. The molecule has 10 heavy (non-hydrogen) atoms. The van der Waals surface area contributed by atoms with Crippen LogP contribution in [0.2, 0.25) is 0 Å². The molecular formula is C9H11P. The second kappa shape index (κ2) is 3.53. The lowest BCUT2D eigenvalue weighted by molar-refractivity contribution is 1.63. The van der Waals surface area contributed by atoms with E-state index in [1.165, 1.54) is 10.9 Å². The topological polar surface area (TPSA) is 0 Å². The van der Waals surface area contributed by atoms with Crippen molar-refractivity contribution in [3.63, 3.8) is 0 Å². The van der Waals surface area contributed by atoms with Gasteiger partial charge in [0.25, 0.3) is 0 Å². The summed E-state index contributed by atoms with van der Waals surface area (Å²) in [6.07, 6.45) is 2.13. The molecule has 0 nitrogen and oxygen atoms in total. The van der Waals surface area contributed by atoms with Crippen LogP contribution in [0.5, 0.6) is 0 Å². The van der Waals surface area contributed by atoms with Gasteiger partial charge in [-0.05, 0) is 12.5 Å². The Kier molecular flexibility index (Phi) is 2.65. The predicted octanol–water partition coefficient (Wildman–Crippen LogP) is 2.92. The summed E-state index contributed by atoms with van der Waals surface area (Å²) in [7, 11) is 2.67. The van der Waals surface area contributed by atoms with Gasteiger partial charge in [0.1, 0.15) is 0 Å². The molecule has 0 saturated heterocycles. The molecule has 0 saturated carbocycles. The summed E-state index contributed by atoms with van der Waals surface area (Å²) >= 11 is 0. The maximum atomic E-state index is 2.67. The van der Waals surface area contributed by atoms with Crippen LogP contribution in [0, 0.1) is 0 Å². The minimum atomic E-state index is 1.26. The van der Waals surface area contributed by atoms with E-state index in [2.05, 4.69) is 34.4 Å². The zero-order chi connectivity index (χ0) is 7.40. The molecule has 0 radical (unpaired) electrons. The molecule has 1 heteroatoms. The number of benzene rings is 1. The van der Waals surface area contributed by atoms with Crippen LogP contribution < -0.4 is 0 Å². The summed E-state index contributed by atoms with van der Waals surface area (Å²) in [5, 5.41) is 1.26. The third-order valence-electron chi connectivity index (χ3n) is 1.19. The van der Waals surface area contributed by atoms with E-state index in [-0.39, 0.29) is 0 Å². The van der Waals surface area contributed by atoms with Crippen molar-refractivity contribution in [3.8, 4) is 0 Å². The minimum Gasteiger partial charge on any atom is -0.110 e. The lowest BCUT2D eigenvalue weighted by Gasteiger charge is -1.91. The standard InChI is InChI=1S/C9H11P/c1-8(10)7-9-5-3-2-4-6-9/h2-7H,10H2,1H3. The van der Waals surface area contributed by atoms with Gasteiger partial charge >= 0.3 is 0 Å². The van der Waals surface area contributed by atoms with Crippen molar-refractivity contribution in [1.82, 2.24) is 0 Å². The second-order valence-corrected chi connectivity index (χ2v) is 3.21. The summed E-state index contributed by atoms with van der Waals surface area (Å²) < 4.78 is 0. The van der Waals surface area contributed by atoms with Gasteiger partial charge in [-0.15, -0.1) is 9.24 Å². The van der Waals surface area contributed by atoms with Crippen LogP contribution in [0.4, 0.5) is 0 Å². The summed E-state index contributed by atoms with van der Waals surface area (Å²) in [4.78, 5) is 0. The Morgan fingerprint density at radius 1 is 1.30 bits per heavy atom. The van der Waals surface area contributed by atoms with Gasteiger partial charge in [0.2, 0.25) is 0 Å². The molecule has 0 heterocycles. The van der Waals surface area contributed by atoms with Crippen LogP contribution in [0.15, 0.2) is 35.6 Å². The monoisotopic (exact) mass is 150 g/mol. The van der Waals surface area contributed by atoms with Crippen molar-refractivity contribution in [2.75, 3.05) is 0 Å². The lowest BCUT2D eigenvalue weighted by atomic mass is 10.2. The van der Waals surface area contributed by atoms with Crippen molar-refractivity contribution in [2.45, 2.75) is 6.92 Å². The molecule has 0 N–H and O–H groups in total. The molecule has 0 aliphatic carbocycles. The molecule has 0 aliphatic rings. The number of hydrogen-bond donors (Lipinski definition) is 0. The predicted molar refractivity (Wildman–Crippen MR) is 49.8 cm³/mol. The van der Waals surface area contributed by atoms with Crippen LogP contribution in [-0.2, 0) is 0 Å². The van der Waals surface area contributed by atoms with E-state index in [0.29, 0.717) is 0 Å². The van der Waals surface area contributed by atoms with Gasteiger partial charge in [-0.3, -0.25) is 0 Å². The SMILES string of the molecule is CC(P)=Cc1ccccc1. The molecule has 1 unspecified atom stereocenters. The highest BCUT2D eigenvalue weighted by Gasteiger charge is 1.82. The molecule has 1 rings (SSSR count). The quantitative estimate of drug-likeness (QED) is 0.540. The minimum absolute atomic E-state index is 1.26. The van der Waals surface area contributed by atoms with Crippen molar-refractivity contribution in [3.05, 3.63) is 41.2 Å². The van der Waals surface area contributed by atoms with Gasteiger partial charge in [0.05, 0.1) is 0 Å². The smallest absolute Gasteiger partial charge is 0.0254 e. The molecule has 0 fully saturated rings. The number of rotatable bonds is 1. The van der Waals surface area contributed by atoms with Crippen molar-refractivity contribution in [1.29, 1.82) is 0 Å². The van der Waals surface area contributed by atoms with Gasteiger partial charge in [0, 0.05) is 0 Å². The third-order valence-corrected chi connectivity index (χ3v) is 1.36. The molecule has 0 aliphatic heterocycles. The Balaban J connectivity index is 2.87. The fourth-order valence-electron chi connectivity index (χ4n) is 0.812. The molecule has 1 aromatic rings. The first-order valence-electron chi connectivity index (χ1n) is 3.28. The van der Waals surface area contributed by atoms with Crippen LogP contribution in [0.25, 0.3) is 6.08 Å². The van der Waals surface area contributed by atoms with E-state index in [1.54, 1.807) is 0 Å². The van der Waals surface area contributed by atoms with Crippen molar-refractivity contribution >= 4 is 15.3 Å². The average molecular weight is 150 g/mol. The fraction of sp³-hybridized carbons (Fsp3) is 0.111. The van der Waals surface area contributed by atoms with Crippen LogP contribution in [-0.4, -0.2) is 0 Å². The van der Waals surface area contributed by atoms with Crippen LogP contribution in [0.3, 0.4) is 0 Å². The zero-order valence-electron chi connectivity index (χ0n) is 6.04. The van der Waals surface area contributed by atoms with Gasteiger partial charge in [-0.25, -0.2) is 0 Å². The zero-order valence-corrected chi connectivity index (χ0v) is 7.20. The van der Waals surface area contributed by atoms with Gasteiger partial charge < -0.3 is 0 Å². The molecule has 1 atom stereocenters. The highest BCUT2D eigenvalue weighted by atomic mass is 31.0. The van der Waals surface area contributed by atoms with E-state index in [9.17, 15) is 0 Å². The van der Waals surface area contributed by atoms with Crippen molar-refractivity contribution in [2.24, 2.45) is 0 Å². The molecule has 52 valence electrons. The van der Waals surface area contributed by atoms with Gasteiger partial charge in [0.15, 0.2) is 0 Å². The maximum Gasteiger partial charge on any atom is -0.0254 e. The first-order chi connectivity index (χ1) is 4.79. The first kappa shape index (κ1) is 7.50. The maximum absolute atomic E-state index is 2.67. The van der Waals surface area contributed by atoms with Gasteiger partial charge in [-0.2, -0.15) is 0 Å². The Labute approximate surface area is 64.2 Å². The van der Waals surface area contributed by atoms with E-state index in [4.69, 9.17) is 0 Å². The summed E-state index contributed by atoms with van der Waals surface area (Å²) in [5.74, 6) is 0. The van der Waals surface area contributed by atoms with Crippen molar-refractivity contribution < 1.29 is 0 Å². The average Bonchev–Trinajstić information content (AvgIpc) is 1.88. The molecule has 0 aromatic heterocycles. The highest BCUT2D eigenvalue weighted by Crippen LogP contribution is 2.10. The van der Waals surface area contributed by atoms with Crippen LogP contribution >= 0.6 is 9.24 Å². The molecular weight excluding hydrogens is 139 g/mol.